The van der Waals surface area contributed by atoms with Crippen LogP contribution in [0.1, 0.15) is 37.4 Å². The SMILES string of the molecule is CC1(C)C(C(Br)c2ccc(Br)s2)C1(C)C. The largest absolute Gasteiger partial charge is 0.132 e. The van der Waals surface area contributed by atoms with Crippen LogP contribution in [0.25, 0.3) is 0 Å². The maximum atomic E-state index is 3.87. The fraction of sp³-hybridized carbons (Fsp3) is 0.667. The molecule has 2 rings (SSSR count). The molecule has 1 saturated carbocycles. The summed E-state index contributed by atoms with van der Waals surface area (Å²) in [7, 11) is 0. The van der Waals surface area contributed by atoms with Crippen molar-refractivity contribution in [3.05, 3.63) is 20.8 Å². The van der Waals surface area contributed by atoms with E-state index in [-0.39, 0.29) is 0 Å². The Morgan fingerprint density at radius 1 is 1.20 bits per heavy atom. The van der Waals surface area contributed by atoms with Crippen LogP contribution < -0.4 is 0 Å². The fourth-order valence-electron chi connectivity index (χ4n) is 2.62. The van der Waals surface area contributed by atoms with Crippen molar-refractivity contribution in [2.24, 2.45) is 16.7 Å². The van der Waals surface area contributed by atoms with Gasteiger partial charge in [-0.3, -0.25) is 0 Å². The minimum absolute atomic E-state index is 0.442. The second kappa shape index (κ2) is 3.58. The quantitative estimate of drug-likeness (QED) is 0.606. The van der Waals surface area contributed by atoms with E-state index >= 15 is 0 Å². The highest BCUT2D eigenvalue weighted by molar-refractivity contribution is 9.11. The van der Waals surface area contributed by atoms with Crippen molar-refractivity contribution in [1.29, 1.82) is 0 Å². The molecule has 1 fully saturated rings. The number of halogens is 2. The maximum absolute atomic E-state index is 3.87. The van der Waals surface area contributed by atoms with Gasteiger partial charge >= 0.3 is 0 Å². The molecule has 0 bridgehead atoms. The molecule has 0 nitrogen and oxygen atoms in total. The second-order valence-corrected chi connectivity index (χ2v) is 8.95. The van der Waals surface area contributed by atoms with E-state index < -0.39 is 0 Å². The van der Waals surface area contributed by atoms with Gasteiger partial charge in [-0.05, 0) is 44.8 Å². The molecule has 0 amide bonds. The van der Waals surface area contributed by atoms with Crippen LogP contribution in [0.4, 0.5) is 0 Å². The van der Waals surface area contributed by atoms with Gasteiger partial charge in [-0.15, -0.1) is 11.3 Å². The molecule has 1 heterocycles. The van der Waals surface area contributed by atoms with Gasteiger partial charge in [0.1, 0.15) is 0 Å². The summed E-state index contributed by atoms with van der Waals surface area (Å²) in [6.45, 7) is 9.48. The van der Waals surface area contributed by atoms with Crippen molar-refractivity contribution < 1.29 is 0 Å². The van der Waals surface area contributed by atoms with Gasteiger partial charge in [0.15, 0.2) is 0 Å². The van der Waals surface area contributed by atoms with Crippen LogP contribution in [0, 0.1) is 16.7 Å². The van der Waals surface area contributed by atoms with Crippen LogP contribution in [0.15, 0.2) is 15.9 Å². The predicted molar refractivity (Wildman–Crippen MR) is 74.7 cm³/mol. The molecule has 1 unspecified atom stereocenters. The van der Waals surface area contributed by atoms with Crippen LogP contribution >= 0.6 is 43.2 Å². The Bertz CT molecular complexity index is 365. The monoisotopic (exact) mass is 350 g/mol. The van der Waals surface area contributed by atoms with E-state index in [1.54, 1.807) is 0 Å². The highest BCUT2D eigenvalue weighted by atomic mass is 79.9. The first kappa shape index (κ1) is 12.1. The molecule has 1 aromatic heterocycles. The van der Waals surface area contributed by atoms with Gasteiger partial charge < -0.3 is 0 Å². The Hall–Kier alpha value is 0.660. The summed E-state index contributed by atoms with van der Waals surface area (Å²) in [5.74, 6) is 0.732. The molecule has 1 aliphatic rings. The van der Waals surface area contributed by atoms with Gasteiger partial charge in [0.25, 0.3) is 0 Å². The summed E-state index contributed by atoms with van der Waals surface area (Å²) >= 11 is 9.23. The van der Waals surface area contributed by atoms with Crippen LogP contribution in [0.2, 0.25) is 0 Å². The van der Waals surface area contributed by atoms with E-state index in [9.17, 15) is 0 Å². The Morgan fingerprint density at radius 2 is 1.73 bits per heavy atom. The molecule has 1 aliphatic carbocycles. The zero-order chi connectivity index (χ0) is 11.4. The number of thiophene rings is 1. The molecule has 84 valence electrons. The topological polar surface area (TPSA) is 0 Å². The van der Waals surface area contributed by atoms with Gasteiger partial charge in [-0.25, -0.2) is 0 Å². The smallest absolute Gasteiger partial charge is 0.0701 e. The summed E-state index contributed by atoms with van der Waals surface area (Å²) < 4.78 is 1.22. The van der Waals surface area contributed by atoms with Crippen molar-refractivity contribution in [2.45, 2.75) is 32.5 Å². The van der Waals surface area contributed by atoms with E-state index in [1.165, 1.54) is 8.66 Å². The van der Waals surface area contributed by atoms with Crippen LogP contribution in [-0.2, 0) is 0 Å². The van der Waals surface area contributed by atoms with Gasteiger partial charge in [0.2, 0.25) is 0 Å². The van der Waals surface area contributed by atoms with Gasteiger partial charge in [0, 0.05) is 4.88 Å². The average Bonchev–Trinajstić information content (AvgIpc) is 2.49. The molecule has 0 spiro atoms. The average molecular weight is 352 g/mol. The molecule has 0 aliphatic heterocycles. The predicted octanol–water partition coefficient (Wildman–Crippen LogP) is 5.63. The van der Waals surface area contributed by atoms with Crippen LogP contribution in [0.5, 0.6) is 0 Å². The number of rotatable bonds is 2. The summed E-state index contributed by atoms with van der Waals surface area (Å²) in [4.78, 5) is 1.93. The van der Waals surface area contributed by atoms with E-state index in [4.69, 9.17) is 0 Å². The van der Waals surface area contributed by atoms with Crippen molar-refractivity contribution in [3.8, 4) is 0 Å². The zero-order valence-electron chi connectivity index (χ0n) is 9.47. The molecule has 15 heavy (non-hydrogen) atoms. The first-order valence-corrected chi connectivity index (χ1v) is 7.70. The Balaban J connectivity index is 2.21. The van der Waals surface area contributed by atoms with Crippen molar-refractivity contribution >= 4 is 43.2 Å². The Morgan fingerprint density at radius 3 is 2.07 bits per heavy atom. The lowest BCUT2D eigenvalue weighted by Crippen LogP contribution is -1.96. The summed E-state index contributed by atoms with van der Waals surface area (Å²) in [5.41, 5.74) is 0.884. The minimum Gasteiger partial charge on any atom is -0.132 e. The Kier molecular flexibility index (Phi) is 2.89. The number of hydrogen-bond donors (Lipinski definition) is 0. The molecule has 1 aromatic rings. The first-order valence-electron chi connectivity index (χ1n) is 5.18. The third-order valence-electron chi connectivity index (χ3n) is 4.29. The summed E-state index contributed by atoms with van der Waals surface area (Å²) in [6, 6.07) is 4.36. The molecule has 0 aromatic carbocycles. The standard InChI is InChI=1S/C12H16Br2S/c1-11(2)10(12(11,3)4)9(14)7-5-6-8(13)15-7/h5-6,9-10H,1-4H3. The van der Waals surface area contributed by atoms with Gasteiger partial charge in [-0.2, -0.15) is 0 Å². The third kappa shape index (κ3) is 1.75. The van der Waals surface area contributed by atoms with E-state index in [2.05, 4.69) is 71.7 Å². The highest BCUT2D eigenvalue weighted by Gasteiger charge is 2.67. The molecule has 1 atom stereocenters. The molecule has 0 radical (unpaired) electrons. The van der Waals surface area contributed by atoms with E-state index in [0.29, 0.717) is 15.7 Å². The van der Waals surface area contributed by atoms with E-state index in [1.807, 2.05) is 11.3 Å². The van der Waals surface area contributed by atoms with Crippen molar-refractivity contribution in [3.63, 3.8) is 0 Å². The lowest BCUT2D eigenvalue weighted by molar-refractivity contribution is 0.457. The van der Waals surface area contributed by atoms with Crippen molar-refractivity contribution in [2.75, 3.05) is 0 Å². The normalized spacial score (nSPS) is 25.2. The highest BCUT2D eigenvalue weighted by Crippen LogP contribution is 2.74. The zero-order valence-corrected chi connectivity index (χ0v) is 13.5. The van der Waals surface area contributed by atoms with E-state index in [0.717, 1.165) is 5.92 Å². The lowest BCUT2D eigenvalue weighted by Gasteiger charge is -2.09. The second-order valence-electron chi connectivity index (χ2n) is 5.46. The minimum atomic E-state index is 0.442. The van der Waals surface area contributed by atoms with Crippen molar-refractivity contribution in [1.82, 2.24) is 0 Å². The van der Waals surface area contributed by atoms with Crippen LogP contribution in [-0.4, -0.2) is 0 Å². The third-order valence-corrected chi connectivity index (χ3v) is 7.32. The summed E-state index contributed by atoms with van der Waals surface area (Å²) in [6.07, 6.45) is 0. The number of hydrogen-bond acceptors (Lipinski definition) is 1. The summed E-state index contributed by atoms with van der Waals surface area (Å²) in [5, 5.41) is 0. The Labute approximate surface area is 113 Å². The van der Waals surface area contributed by atoms with Crippen LogP contribution in [0.3, 0.4) is 0 Å². The molecular formula is C12H16Br2S. The first-order chi connectivity index (χ1) is 6.78. The maximum Gasteiger partial charge on any atom is 0.0701 e. The molecule has 0 saturated heterocycles. The molecular weight excluding hydrogens is 336 g/mol. The molecule has 3 heteroatoms. The number of alkyl halides is 1. The van der Waals surface area contributed by atoms with Gasteiger partial charge in [0.05, 0.1) is 8.61 Å². The fourth-order valence-corrected chi connectivity index (χ4v) is 5.81. The van der Waals surface area contributed by atoms with Gasteiger partial charge in [-0.1, -0.05) is 43.6 Å². The molecule has 0 N–H and O–H groups in total. The lowest BCUT2D eigenvalue weighted by atomic mass is 10.0.